The fourth-order valence-corrected chi connectivity index (χ4v) is 1.32. The molecule has 0 atom stereocenters. The van der Waals surface area contributed by atoms with Crippen molar-refractivity contribution >= 4 is 28.4 Å². The summed E-state index contributed by atoms with van der Waals surface area (Å²) in [6.45, 7) is 0. The third-order valence-corrected chi connectivity index (χ3v) is 2.14. The van der Waals surface area contributed by atoms with Gasteiger partial charge in [-0.25, -0.2) is 0 Å². The van der Waals surface area contributed by atoms with Crippen molar-refractivity contribution < 1.29 is 9.53 Å². The van der Waals surface area contributed by atoms with Crippen LogP contribution in [0.2, 0.25) is 5.02 Å². The maximum absolute atomic E-state index is 10.9. The van der Waals surface area contributed by atoms with Gasteiger partial charge in [-0.15, -0.1) is 0 Å². The topological polar surface area (TPSA) is 50.1 Å². The molecule has 0 saturated heterocycles. The Labute approximate surface area is 90.8 Å². The highest BCUT2D eigenvalue weighted by Crippen LogP contribution is 2.27. The number of hydrogen-bond donors (Lipinski definition) is 0. The van der Waals surface area contributed by atoms with Crippen LogP contribution >= 0.6 is 23.2 Å². The molecule has 0 fully saturated rings. The van der Waals surface area contributed by atoms with E-state index in [1.165, 1.54) is 19.2 Å². The van der Waals surface area contributed by atoms with Gasteiger partial charge in [-0.05, 0) is 17.7 Å². The van der Waals surface area contributed by atoms with Gasteiger partial charge in [0.15, 0.2) is 0 Å². The van der Waals surface area contributed by atoms with Crippen molar-refractivity contribution in [3.63, 3.8) is 0 Å². The molecule has 0 aliphatic carbocycles. The minimum Gasteiger partial charge on any atom is -0.496 e. The molecule has 0 heterocycles. The summed E-state index contributed by atoms with van der Waals surface area (Å²) in [5.74, 6) is 0.242. The Morgan fingerprint density at radius 2 is 2.21 bits per heavy atom. The number of carbonyl (C=O) groups is 1. The van der Waals surface area contributed by atoms with Crippen molar-refractivity contribution in [3.8, 4) is 11.8 Å². The largest absolute Gasteiger partial charge is 0.496 e. The highest BCUT2D eigenvalue weighted by molar-refractivity contribution is 6.68. The third kappa shape index (κ3) is 1.98. The van der Waals surface area contributed by atoms with E-state index in [1.807, 2.05) is 6.07 Å². The first kappa shape index (κ1) is 10.8. The lowest BCUT2D eigenvalue weighted by atomic mass is 10.1. The molecule has 0 N–H and O–H groups in total. The molecule has 0 bridgehead atoms. The van der Waals surface area contributed by atoms with Gasteiger partial charge in [0.05, 0.1) is 23.3 Å². The fraction of sp³-hybridized carbons (Fsp3) is 0.111. The summed E-state index contributed by atoms with van der Waals surface area (Å²) < 4.78 is 4.89. The van der Waals surface area contributed by atoms with Gasteiger partial charge in [0, 0.05) is 6.07 Å². The summed E-state index contributed by atoms with van der Waals surface area (Å²) in [6.07, 6.45) is 0. The first-order valence-corrected chi connectivity index (χ1v) is 4.33. The highest BCUT2D eigenvalue weighted by atomic mass is 35.5. The molecule has 1 aromatic rings. The number of halogens is 2. The molecular formula is C9H5Cl2NO2. The van der Waals surface area contributed by atoms with Crippen molar-refractivity contribution in [2.75, 3.05) is 7.11 Å². The van der Waals surface area contributed by atoms with Crippen molar-refractivity contribution in [2.45, 2.75) is 0 Å². The third-order valence-electron chi connectivity index (χ3n) is 1.62. The van der Waals surface area contributed by atoms with E-state index in [4.69, 9.17) is 33.2 Å². The normalized spacial score (nSPS) is 9.29. The van der Waals surface area contributed by atoms with Crippen LogP contribution in [0.4, 0.5) is 0 Å². The number of hydrogen-bond acceptors (Lipinski definition) is 3. The van der Waals surface area contributed by atoms with Crippen LogP contribution in [0.5, 0.6) is 5.75 Å². The van der Waals surface area contributed by atoms with Gasteiger partial charge in [0.25, 0.3) is 5.24 Å². The summed E-state index contributed by atoms with van der Waals surface area (Å²) >= 11 is 11.0. The van der Waals surface area contributed by atoms with Crippen LogP contribution in [-0.2, 0) is 0 Å². The maximum atomic E-state index is 10.9. The number of nitriles is 1. The second-order valence-electron chi connectivity index (χ2n) is 2.42. The molecular weight excluding hydrogens is 225 g/mol. The molecule has 0 aliphatic heterocycles. The quantitative estimate of drug-likeness (QED) is 0.733. The van der Waals surface area contributed by atoms with Gasteiger partial charge in [-0.3, -0.25) is 4.79 Å². The average Bonchev–Trinajstić information content (AvgIpc) is 2.17. The van der Waals surface area contributed by atoms with Crippen LogP contribution in [0.25, 0.3) is 0 Å². The molecule has 1 aromatic carbocycles. The predicted molar refractivity (Wildman–Crippen MR) is 52.9 cm³/mol. The molecule has 1 rings (SSSR count). The van der Waals surface area contributed by atoms with E-state index < -0.39 is 5.24 Å². The smallest absolute Gasteiger partial charge is 0.256 e. The van der Waals surface area contributed by atoms with Crippen LogP contribution in [0.3, 0.4) is 0 Å². The Morgan fingerprint density at radius 1 is 1.57 bits per heavy atom. The van der Waals surface area contributed by atoms with E-state index in [1.54, 1.807) is 0 Å². The molecule has 14 heavy (non-hydrogen) atoms. The number of ether oxygens (including phenoxy) is 1. The van der Waals surface area contributed by atoms with Crippen LogP contribution in [-0.4, -0.2) is 12.4 Å². The summed E-state index contributed by atoms with van der Waals surface area (Å²) in [6, 6.07) is 4.56. The summed E-state index contributed by atoms with van der Waals surface area (Å²) in [4.78, 5) is 10.9. The van der Waals surface area contributed by atoms with Crippen molar-refractivity contribution in [1.29, 1.82) is 5.26 Å². The lowest BCUT2D eigenvalue weighted by Gasteiger charge is -2.05. The minimum atomic E-state index is -0.673. The zero-order chi connectivity index (χ0) is 10.7. The van der Waals surface area contributed by atoms with Crippen molar-refractivity contribution in [2.24, 2.45) is 0 Å². The molecule has 5 heteroatoms. The second-order valence-corrected chi connectivity index (χ2v) is 3.17. The predicted octanol–water partition coefficient (Wildman–Crippen LogP) is 2.60. The Balaban J connectivity index is 3.41. The molecule has 0 aromatic heterocycles. The van der Waals surface area contributed by atoms with Gasteiger partial charge >= 0.3 is 0 Å². The van der Waals surface area contributed by atoms with E-state index in [-0.39, 0.29) is 21.9 Å². The second kappa shape index (κ2) is 4.32. The lowest BCUT2D eigenvalue weighted by molar-refractivity contribution is 0.107. The molecule has 72 valence electrons. The van der Waals surface area contributed by atoms with Crippen LogP contribution < -0.4 is 4.74 Å². The number of carbonyl (C=O) groups excluding carboxylic acids is 1. The van der Waals surface area contributed by atoms with Crippen LogP contribution in [0.15, 0.2) is 12.1 Å². The van der Waals surface area contributed by atoms with Gasteiger partial charge in [0.1, 0.15) is 11.8 Å². The molecule has 3 nitrogen and oxygen atoms in total. The minimum absolute atomic E-state index is 0.151. The van der Waals surface area contributed by atoms with E-state index in [2.05, 4.69) is 0 Å². The van der Waals surface area contributed by atoms with Crippen LogP contribution in [0, 0.1) is 11.3 Å². The van der Waals surface area contributed by atoms with E-state index in [9.17, 15) is 4.79 Å². The summed E-state index contributed by atoms with van der Waals surface area (Å²) in [7, 11) is 1.38. The van der Waals surface area contributed by atoms with Crippen molar-refractivity contribution in [3.05, 3.63) is 28.3 Å². The van der Waals surface area contributed by atoms with Gasteiger partial charge in [0.2, 0.25) is 0 Å². The van der Waals surface area contributed by atoms with Gasteiger partial charge in [-0.2, -0.15) is 5.26 Å². The van der Waals surface area contributed by atoms with E-state index in [0.717, 1.165) is 0 Å². The highest BCUT2D eigenvalue weighted by Gasteiger charge is 2.13. The Bertz CT molecular complexity index is 424. The number of nitrogens with zero attached hydrogens (tertiary/aromatic N) is 1. The lowest BCUT2D eigenvalue weighted by Crippen LogP contribution is -1.96. The molecule has 0 unspecified atom stereocenters. The summed E-state index contributed by atoms with van der Waals surface area (Å²) in [5.41, 5.74) is 0.392. The Hall–Kier alpha value is -1.24. The van der Waals surface area contributed by atoms with E-state index in [0.29, 0.717) is 0 Å². The first-order valence-electron chi connectivity index (χ1n) is 3.57. The van der Waals surface area contributed by atoms with Crippen molar-refractivity contribution in [1.82, 2.24) is 0 Å². The van der Waals surface area contributed by atoms with Gasteiger partial charge < -0.3 is 4.74 Å². The molecule has 0 radical (unpaired) electrons. The molecule has 0 saturated carbocycles. The maximum Gasteiger partial charge on any atom is 0.256 e. The summed E-state index contributed by atoms with van der Waals surface area (Å²) in [5, 5.41) is 8.17. The fourth-order valence-electron chi connectivity index (χ4n) is 0.962. The Kier molecular flexibility index (Phi) is 3.34. The van der Waals surface area contributed by atoms with Gasteiger partial charge in [-0.1, -0.05) is 11.6 Å². The van der Waals surface area contributed by atoms with Crippen LogP contribution in [0.1, 0.15) is 15.9 Å². The zero-order valence-electron chi connectivity index (χ0n) is 7.17. The number of rotatable bonds is 2. The Morgan fingerprint density at radius 3 is 2.64 bits per heavy atom. The number of methoxy groups -OCH3 is 1. The zero-order valence-corrected chi connectivity index (χ0v) is 8.69. The molecule has 0 spiro atoms. The monoisotopic (exact) mass is 229 g/mol. The van der Waals surface area contributed by atoms with E-state index >= 15 is 0 Å². The first-order chi connectivity index (χ1) is 6.60. The molecule has 0 aliphatic rings. The standard InChI is InChI=1S/C9H5Cl2NO2/c1-14-8-2-5(4-12)7(10)3-6(8)9(11)13/h2-3H,1H3. The average molecular weight is 230 g/mol. The number of benzene rings is 1. The SMILES string of the molecule is COc1cc(C#N)c(Cl)cc1C(=O)Cl. The molecule has 0 amide bonds.